The Morgan fingerprint density at radius 2 is 1.23 bits per heavy atom. The number of carbonyl (C=O) groups is 1. The predicted octanol–water partition coefficient (Wildman–Crippen LogP) is 6.19. The van der Waals surface area contributed by atoms with Crippen molar-refractivity contribution in [3.63, 3.8) is 0 Å². The van der Waals surface area contributed by atoms with Gasteiger partial charge in [0, 0.05) is 19.1 Å². The SMILES string of the molecule is CCCCCCCCCN(CCCCCCCCC)CC(=O)N1CCB(C#N)CC1. The van der Waals surface area contributed by atoms with Crippen LogP contribution in [0, 0.1) is 11.2 Å². The highest BCUT2D eigenvalue weighted by molar-refractivity contribution is 6.67. The van der Waals surface area contributed by atoms with E-state index in [0.29, 0.717) is 6.54 Å². The lowest BCUT2D eigenvalue weighted by Crippen LogP contribution is -2.45. The maximum absolute atomic E-state index is 12.8. The van der Waals surface area contributed by atoms with Crippen molar-refractivity contribution in [1.82, 2.24) is 9.80 Å². The van der Waals surface area contributed by atoms with E-state index in [9.17, 15) is 4.79 Å². The Morgan fingerprint density at radius 3 is 1.67 bits per heavy atom. The molecule has 0 aromatic heterocycles. The van der Waals surface area contributed by atoms with Crippen LogP contribution in [0.15, 0.2) is 0 Å². The highest BCUT2D eigenvalue weighted by atomic mass is 16.2. The Labute approximate surface area is 187 Å². The van der Waals surface area contributed by atoms with Crippen LogP contribution in [0.1, 0.15) is 104 Å². The minimum Gasteiger partial charge on any atom is -0.343 e. The van der Waals surface area contributed by atoms with E-state index in [4.69, 9.17) is 5.26 Å². The molecule has 0 unspecified atom stereocenters. The molecule has 0 atom stereocenters. The van der Waals surface area contributed by atoms with Gasteiger partial charge in [0.1, 0.15) is 0 Å². The van der Waals surface area contributed by atoms with Crippen molar-refractivity contribution in [2.45, 2.75) is 116 Å². The third-order valence-electron chi connectivity index (χ3n) is 6.54. The maximum atomic E-state index is 12.8. The molecule has 0 saturated carbocycles. The van der Waals surface area contributed by atoms with Gasteiger partial charge in [-0.3, -0.25) is 9.69 Å². The normalized spacial score (nSPS) is 14.3. The monoisotopic (exact) mass is 417 g/mol. The van der Waals surface area contributed by atoms with E-state index >= 15 is 0 Å². The van der Waals surface area contributed by atoms with Crippen LogP contribution in [0.5, 0.6) is 0 Å². The van der Waals surface area contributed by atoms with Crippen molar-refractivity contribution in [2.24, 2.45) is 0 Å². The third kappa shape index (κ3) is 13.3. The van der Waals surface area contributed by atoms with Gasteiger partial charge in [0.25, 0.3) is 6.71 Å². The van der Waals surface area contributed by atoms with Gasteiger partial charge >= 0.3 is 0 Å². The smallest absolute Gasteiger partial charge is 0.271 e. The molecule has 1 aliphatic rings. The van der Waals surface area contributed by atoms with Gasteiger partial charge in [-0.05, 0) is 38.6 Å². The highest BCUT2D eigenvalue weighted by Crippen LogP contribution is 2.13. The molecule has 4 nitrogen and oxygen atoms in total. The Morgan fingerprint density at radius 1 is 0.800 bits per heavy atom. The quantitative estimate of drug-likeness (QED) is 0.197. The zero-order valence-corrected chi connectivity index (χ0v) is 20.2. The van der Waals surface area contributed by atoms with E-state index in [1.165, 1.54) is 89.9 Å². The summed E-state index contributed by atoms with van der Waals surface area (Å²) in [4.78, 5) is 17.2. The average Bonchev–Trinajstić information content (AvgIpc) is 2.77. The van der Waals surface area contributed by atoms with Crippen molar-refractivity contribution in [3.8, 4) is 5.97 Å². The number of amides is 1. The number of hydrogen-bond acceptors (Lipinski definition) is 3. The van der Waals surface area contributed by atoms with Gasteiger partial charge in [-0.25, -0.2) is 5.26 Å². The van der Waals surface area contributed by atoms with Gasteiger partial charge in [-0.15, -0.1) is 0 Å². The van der Waals surface area contributed by atoms with E-state index in [1.807, 2.05) is 4.90 Å². The van der Waals surface area contributed by atoms with Crippen molar-refractivity contribution < 1.29 is 4.79 Å². The predicted molar refractivity (Wildman–Crippen MR) is 130 cm³/mol. The summed E-state index contributed by atoms with van der Waals surface area (Å²) in [5, 5.41) is 9.08. The molecule has 1 saturated heterocycles. The lowest BCUT2D eigenvalue weighted by molar-refractivity contribution is -0.132. The molecular weight excluding hydrogens is 369 g/mol. The summed E-state index contributed by atoms with van der Waals surface area (Å²) in [6, 6.07) is 0. The second-order valence-electron chi connectivity index (χ2n) is 9.30. The van der Waals surface area contributed by atoms with Crippen molar-refractivity contribution in [1.29, 1.82) is 5.26 Å². The lowest BCUT2D eigenvalue weighted by atomic mass is 9.45. The fraction of sp³-hybridized carbons (Fsp3) is 0.920. The third-order valence-corrected chi connectivity index (χ3v) is 6.54. The van der Waals surface area contributed by atoms with E-state index in [2.05, 4.69) is 24.7 Å². The molecule has 1 amide bonds. The van der Waals surface area contributed by atoms with E-state index in [-0.39, 0.29) is 12.6 Å². The summed E-state index contributed by atoms with van der Waals surface area (Å²) in [6.45, 7) is 8.89. The highest BCUT2D eigenvalue weighted by Gasteiger charge is 2.26. The Bertz CT molecular complexity index is 440. The lowest BCUT2D eigenvalue weighted by Gasteiger charge is -2.31. The van der Waals surface area contributed by atoms with E-state index < -0.39 is 0 Å². The van der Waals surface area contributed by atoms with Gasteiger partial charge in [0.2, 0.25) is 5.91 Å². The molecule has 1 fully saturated rings. The van der Waals surface area contributed by atoms with Gasteiger partial charge in [-0.2, -0.15) is 0 Å². The average molecular weight is 417 g/mol. The zero-order valence-electron chi connectivity index (χ0n) is 20.2. The van der Waals surface area contributed by atoms with Crippen LogP contribution in [0.2, 0.25) is 12.6 Å². The van der Waals surface area contributed by atoms with Crippen molar-refractivity contribution >= 4 is 12.6 Å². The zero-order chi connectivity index (χ0) is 21.9. The fourth-order valence-corrected chi connectivity index (χ4v) is 4.40. The first-order valence-corrected chi connectivity index (χ1v) is 13.1. The minimum atomic E-state index is 0.144. The van der Waals surface area contributed by atoms with Crippen LogP contribution in [-0.2, 0) is 4.79 Å². The van der Waals surface area contributed by atoms with E-state index in [1.54, 1.807) is 0 Å². The van der Waals surface area contributed by atoms with Gasteiger partial charge in [0.05, 0.1) is 6.54 Å². The molecular formula is C25H48BN3O. The summed E-state index contributed by atoms with van der Waals surface area (Å²) in [6.07, 6.45) is 20.2. The largest absolute Gasteiger partial charge is 0.343 e. The molecule has 0 N–H and O–H groups in total. The van der Waals surface area contributed by atoms with Crippen LogP contribution in [0.4, 0.5) is 0 Å². The van der Waals surface area contributed by atoms with Crippen LogP contribution in [0.25, 0.3) is 0 Å². The first-order chi connectivity index (χ1) is 14.7. The molecule has 0 spiro atoms. The second kappa shape index (κ2) is 18.7. The molecule has 0 aliphatic carbocycles. The molecule has 0 aromatic rings. The molecule has 0 bridgehead atoms. The minimum absolute atomic E-state index is 0.144. The topological polar surface area (TPSA) is 47.3 Å². The maximum Gasteiger partial charge on any atom is 0.271 e. The van der Waals surface area contributed by atoms with Crippen molar-refractivity contribution in [2.75, 3.05) is 32.7 Å². The Hall–Kier alpha value is -1.02. The molecule has 1 heterocycles. The first-order valence-electron chi connectivity index (χ1n) is 13.1. The molecule has 1 aliphatic heterocycles. The Balaban J connectivity index is 2.31. The number of carbonyl (C=O) groups excluding carboxylic acids is 1. The number of rotatable bonds is 18. The summed E-state index contributed by atoms with van der Waals surface area (Å²) >= 11 is 0. The summed E-state index contributed by atoms with van der Waals surface area (Å²) in [5.41, 5.74) is 0. The van der Waals surface area contributed by atoms with E-state index in [0.717, 1.165) is 38.8 Å². The fourth-order valence-electron chi connectivity index (χ4n) is 4.40. The standard InChI is InChI=1S/C25H48BN3O/c1-3-5-7-9-11-13-15-19-28(20-16-14-12-10-8-6-4-2)23-25(30)29-21-17-26(24-27)18-22-29/h3-23H2,1-2H3. The number of hydrogen-bond donors (Lipinski definition) is 0. The number of nitriles is 1. The summed E-state index contributed by atoms with van der Waals surface area (Å²) in [5.74, 6) is 2.64. The van der Waals surface area contributed by atoms with Crippen LogP contribution in [-0.4, -0.2) is 55.1 Å². The molecule has 172 valence electrons. The summed E-state index contributed by atoms with van der Waals surface area (Å²) < 4.78 is 0. The molecule has 0 aromatic carbocycles. The Kier molecular flexibility index (Phi) is 16.9. The van der Waals surface area contributed by atoms with Crippen LogP contribution >= 0.6 is 0 Å². The number of nitrogens with zero attached hydrogens (tertiary/aromatic N) is 3. The van der Waals surface area contributed by atoms with Gasteiger partial charge < -0.3 is 4.90 Å². The van der Waals surface area contributed by atoms with Crippen LogP contribution in [0.3, 0.4) is 0 Å². The number of unbranched alkanes of at least 4 members (excludes halogenated alkanes) is 12. The summed E-state index contributed by atoms with van der Waals surface area (Å²) in [7, 11) is 0. The first kappa shape index (κ1) is 27.0. The molecule has 5 heteroatoms. The molecule has 30 heavy (non-hydrogen) atoms. The van der Waals surface area contributed by atoms with Crippen molar-refractivity contribution in [3.05, 3.63) is 0 Å². The van der Waals surface area contributed by atoms with Crippen LogP contribution < -0.4 is 0 Å². The van der Waals surface area contributed by atoms with Gasteiger partial charge in [-0.1, -0.05) is 90.9 Å². The molecule has 0 radical (unpaired) electrons. The molecule has 1 rings (SSSR count). The second-order valence-corrected chi connectivity index (χ2v) is 9.30. The van der Waals surface area contributed by atoms with Gasteiger partial charge in [0.15, 0.2) is 0 Å².